The molecule has 5 nitrogen and oxygen atoms in total. The van der Waals surface area contributed by atoms with Crippen molar-refractivity contribution in [1.29, 1.82) is 0 Å². The van der Waals surface area contributed by atoms with E-state index in [1.165, 1.54) is 27.3 Å². The van der Waals surface area contributed by atoms with Crippen molar-refractivity contribution in [3.63, 3.8) is 0 Å². The summed E-state index contributed by atoms with van der Waals surface area (Å²) in [7, 11) is 0. The Hall–Kier alpha value is -2.37. The minimum Gasteiger partial charge on any atom is -0.491 e. The van der Waals surface area contributed by atoms with Crippen molar-refractivity contribution in [3.8, 4) is 5.75 Å². The number of ether oxygens (including phenoxy) is 1. The van der Waals surface area contributed by atoms with Gasteiger partial charge >= 0.3 is 0 Å². The van der Waals surface area contributed by atoms with Crippen LogP contribution in [0, 0.1) is 20.8 Å². The number of quaternary nitrogens is 1. The summed E-state index contributed by atoms with van der Waals surface area (Å²) in [5.74, 6) is 0.812. The van der Waals surface area contributed by atoms with Gasteiger partial charge in [0.15, 0.2) is 5.78 Å². The number of ketones is 1. The average molecular weight is 412 g/mol. The van der Waals surface area contributed by atoms with Gasteiger partial charge in [-0.25, -0.2) is 0 Å². The van der Waals surface area contributed by atoms with Crippen LogP contribution in [0.2, 0.25) is 0 Å². The first-order valence-electron chi connectivity index (χ1n) is 11.0. The van der Waals surface area contributed by atoms with E-state index in [0.717, 1.165) is 26.2 Å². The van der Waals surface area contributed by atoms with Crippen LogP contribution >= 0.6 is 0 Å². The number of piperazine rings is 1. The Morgan fingerprint density at radius 2 is 1.70 bits per heavy atom. The first-order chi connectivity index (χ1) is 14.4. The molecule has 0 aliphatic carbocycles. The average Bonchev–Trinajstić information content (AvgIpc) is 2.72. The molecule has 2 aromatic carbocycles. The van der Waals surface area contributed by atoms with E-state index in [2.05, 4.69) is 37.8 Å². The van der Waals surface area contributed by atoms with E-state index in [9.17, 15) is 9.90 Å². The quantitative estimate of drug-likeness (QED) is 0.655. The number of carbonyl (C=O) groups is 1. The molecular formula is C25H35N2O3+. The van der Waals surface area contributed by atoms with Gasteiger partial charge in [0, 0.05) is 17.7 Å². The lowest BCUT2D eigenvalue weighted by atomic mass is 10.0. The molecule has 1 aliphatic heterocycles. The number of anilines is 1. The molecule has 1 aliphatic rings. The molecule has 1 saturated heterocycles. The number of rotatable bonds is 8. The zero-order valence-corrected chi connectivity index (χ0v) is 18.7. The molecule has 3 rings (SSSR count). The predicted molar refractivity (Wildman–Crippen MR) is 121 cm³/mol. The van der Waals surface area contributed by atoms with Gasteiger partial charge in [0.1, 0.15) is 25.0 Å². The molecule has 0 unspecified atom stereocenters. The molecule has 0 amide bonds. The third kappa shape index (κ3) is 5.61. The van der Waals surface area contributed by atoms with Crippen LogP contribution in [0.25, 0.3) is 0 Å². The van der Waals surface area contributed by atoms with Crippen LogP contribution in [0.5, 0.6) is 5.75 Å². The lowest BCUT2D eigenvalue weighted by molar-refractivity contribution is -0.903. The molecule has 0 saturated carbocycles. The summed E-state index contributed by atoms with van der Waals surface area (Å²) >= 11 is 0. The van der Waals surface area contributed by atoms with Gasteiger partial charge < -0.3 is 19.6 Å². The molecule has 5 heteroatoms. The number of aryl methyl sites for hydroxylation is 3. The van der Waals surface area contributed by atoms with Gasteiger partial charge in [0.25, 0.3) is 0 Å². The van der Waals surface area contributed by atoms with Crippen LogP contribution < -0.4 is 14.5 Å². The van der Waals surface area contributed by atoms with Crippen LogP contribution in [0.15, 0.2) is 36.4 Å². The first-order valence-corrected chi connectivity index (χ1v) is 11.0. The zero-order valence-electron chi connectivity index (χ0n) is 18.7. The minimum atomic E-state index is -0.508. The number of hydrogen-bond acceptors (Lipinski definition) is 4. The number of aliphatic hydroxyl groups excluding tert-OH is 1. The molecule has 1 heterocycles. The summed E-state index contributed by atoms with van der Waals surface area (Å²) in [6.07, 6.45) is -0.00999. The maximum Gasteiger partial charge on any atom is 0.162 e. The number of nitrogens with one attached hydrogen (secondary N) is 1. The largest absolute Gasteiger partial charge is 0.491 e. The number of carbonyl (C=O) groups excluding carboxylic acids is 1. The van der Waals surface area contributed by atoms with Crippen LogP contribution in [0.3, 0.4) is 0 Å². The Labute approximate surface area is 180 Å². The highest BCUT2D eigenvalue weighted by Gasteiger charge is 2.24. The monoisotopic (exact) mass is 411 g/mol. The second-order valence-electron chi connectivity index (χ2n) is 8.45. The van der Waals surface area contributed by atoms with Crippen LogP contribution in [-0.4, -0.2) is 56.3 Å². The number of hydrogen-bond donors (Lipinski definition) is 2. The third-order valence-electron chi connectivity index (χ3n) is 5.89. The van der Waals surface area contributed by atoms with Crippen molar-refractivity contribution in [1.82, 2.24) is 0 Å². The lowest BCUT2D eigenvalue weighted by Crippen LogP contribution is -3.16. The van der Waals surface area contributed by atoms with E-state index in [0.29, 0.717) is 24.3 Å². The molecule has 2 aromatic rings. The predicted octanol–water partition coefficient (Wildman–Crippen LogP) is 2.35. The fraction of sp³-hybridized carbons (Fsp3) is 0.480. The van der Waals surface area contributed by atoms with Gasteiger partial charge in [-0.2, -0.15) is 0 Å². The van der Waals surface area contributed by atoms with Crippen LogP contribution in [0.1, 0.15) is 40.4 Å². The normalized spacial score (nSPS) is 15.8. The zero-order chi connectivity index (χ0) is 21.7. The molecular weight excluding hydrogens is 376 g/mol. The third-order valence-corrected chi connectivity index (χ3v) is 5.89. The standard InChI is InChI=1S/C25H34N2O3/c1-5-24(29)21-6-8-23(9-7-21)30-17-22(28)16-26-10-12-27(13-11-26)25-19(3)14-18(2)15-20(25)4/h6-9,14-15,22,28H,5,10-13,16-17H2,1-4H3/p+1/t22-/m1/s1. The Morgan fingerprint density at radius 1 is 1.10 bits per heavy atom. The van der Waals surface area contributed by atoms with Crippen molar-refractivity contribution in [2.75, 3.05) is 44.2 Å². The lowest BCUT2D eigenvalue weighted by Gasteiger charge is -2.36. The highest BCUT2D eigenvalue weighted by molar-refractivity contribution is 5.95. The molecule has 2 N–H and O–H groups in total. The SMILES string of the molecule is CCC(=O)c1ccc(OC[C@H](O)C[NH+]2CCN(c3c(C)cc(C)cc3C)CC2)cc1. The smallest absolute Gasteiger partial charge is 0.162 e. The first kappa shape index (κ1) is 22.3. The highest BCUT2D eigenvalue weighted by Crippen LogP contribution is 2.26. The maximum absolute atomic E-state index is 11.7. The molecule has 1 fully saturated rings. The topological polar surface area (TPSA) is 54.2 Å². The van der Waals surface area contributed by atoms with E-state index in [4.69, 9.17) is 4.74 Å². The minimum absolute atomic E-state index is 0.125. The van der Waals surface area contributed by atoms with Gasteiger partial charge in [-0.05, 0) is 56.2 Å². The molecule has 162 valence electrons. The summed E-state index contributed by atoms with van der Waals surface area (Å²) in [6, 6.07) is 11.7. The number of Topliss-reactive ketones (excluding diaryl/α,β-unsaturated/α-hetero) is 1. The van der Waals surface area contributed by atoms with Crippen molar-refractivity contribution >= 4 is 11.5 Å². The molecule has 0 bridgehead atoms. The van der Waals surface area contributed by atoms with Crippen LogP contribution in [-0.2, 0) is 0 Å². The summed E-state index contributed by atoms with van der Waals surface area (Å²) in [5.41, 5.74) is 6.07. The van der Waals surface area contributed by atoms with Gasteiger partial charge in [0.2, 0.25) is 0 Å². The van der Waals surface area contributed by atoms with Crippen molar-refractivity contribution in [2.45, 2.75) is 40.2 Å². The fourth-order valence-corrected chi connectivity index (χ4v) is 4.45. The van der Waals surface area contributed by atoms with Crippen LogP contribution in [0.4, 0.5) is 5.69 Å². The van der Waals surface area contributed by atoms with Gasteiger partial charge in [-0.3, -0.25) is 4.79 Å². The van der Waals surface area contributed by atoms with E-state index < -0.39 is 6.10 Å². The van der Waals surface area contributed by atoms with Crippen molar-refractivity contribution in [2.24, 2.45) is 0 Å². The summed E-state index contributed by atoms with van der Waals surface area (Å²) < 4.78 is 5.73. The van der Waals surface area contributed by atoms with Crippen molar-refractivity contribution < 1.29 is 19.5 Å². The van der Waals surface area contributed by atoms with Gasteiger partial charge in [0.05, 0.1) is 26.2 Å². The number of nitrogens with zero attached hydrogens (tertiary/aromatic N) is 1. The fourth-order valence-electron chi connectivity index (χ4n) is 4.45. The number of benzene rings is 2. The van der Waals surface area contributed by atoms with E-state index in [1.807, 2.05) is 6.92 Å². The Balaban J connectivity index is 1.45. The summed E-state index contributed by atoms with van der Waals surface area (Å²) in [6.45, 7) is 13.4. The highest BCUT2D eigenvalue weighted by atomic mass is 16.5. The van der Waals surface area contributed by atoms with Gasteiger partial charge in [-0.15, -0.1) is 0 Å². The van der Waals surface area contributed by atoms with Crippen molar-refractivity contribution in [3.05, 3.63) is 58.7 Å². The molecule has 0 spiro atoms. The maximum atomic E-state index is 11.7. The van der Waals surface area contributed by atoms with E-state index >= 15 is 0 Å². The summed E-state index contributed by atoms with van der Waals surface area (Å²) in [5, 5.41) is 10.4. The summed E-state index contributed by atoms with van der Waals surface area (Å²) in [4.78, 5) is 15.6. The van der Waals surface area contributed by atoms with Gasteiger partial charge in [-0.1, -0.05) is 24.6 Å². The second-order valence-corrected chi connectivity index (χ2v) is 8.45. The Bertz CT molecular complexity index is 832. The Kier molecular flexibility index (Phi) is 7.51. The number of aliphatic hydroxyl groups is 1. The van der Waals surface area contributed by atoms with E-state index in [1.54, 1.807) is 24.3 Å². The second kappa shape index (κ2) is 10.1. The molecule has 30 heavy (non-hydrogen) atoms. The molecule has 1 atom stereocenters. The van der Waals surface area contributed by atoms with E-state index in [-0.39, 0.29) is 12.4 Å². The molecule has 0 aromatic heterocycles. The Morgan fingerprint density at radius 3 is 2.27 bits per heavy atom. The molecule has 0 radical (unpaired) electrons.